The van der Waals surface area contributed by atoms with Gasteiger partial charge in [-0.3, -0.25) is 0 Å². The molecule has 4 saturated carbocycles. The molecule has 5 fully saturated rings. The second-order valence-corrected chi connectivity index (χ2v) is 7.98. The Kier molecular flexibility index (Phi) is 2.74. The average molecular weight is 249 g/mol. The molecule has 1 heterocycles. The van der Waals surface area contributed by atoms with Crippen molar-refractivity contribution in [2.24, 2.45) is 29.1 Å². The molecule has 1 N–H and O–H groups in total. The van der Waals surface area contributed by atoms with E-state index < -0.39 is 0 Å². The van der Waals surface area contributed by atoms with Gasteiger partial charge in [-0.25, -0.2) is 0 Å². The quantitative estimate of drug-likeness (QED) is 0.827. The Morgan fingerprint density at radius 1 is 0.944 bits per heavy atom. The third-order valence-electron chi connectivity index (χ3n) is 6.41. The highest BCUT2D eigenvalue weighted by Gasteiger charge is 2.50. The van der Waals surface area contributed by atoms with E-state index in [-0.39, 0.29) is 0 Å². The molecular weight excluding hydrogens is 222 g/mol. The molecule has 0 radical (unpaired) electrons. The summed E-state index contributed by atoms with van der Waals surface area (Å²) in [7, 11) is 0. The van der Waals surface area contributed by atoms with Crippen molar-refractivity contribution in [3.63, 3.8) is 0 Å². The molecule has 2 nitrogen and oxygen atoms in total. The summed E-state index contributed by atoms with van der Waals surface area (Å²) in [5.74, 6) is 3.87. The number of aliphatic hydroxyl groups excluding tert-OH is 1. The van der Waals surface area contributed by atoms with Crippen molar-refractivity contribution in [3.8, 4) is 0 Å². The van der Waals surface area contributed by atoms with Crippen LogP contribution in [0.2, 0.25) is 0 Å². The monoisotopic (exact) mass is 249 g/mol. The van der Waals surface area contributed by atoms with E-state index in [1.54, 1.807) is 38.5 Å². The molecule has 0 aromatic carbocycles. The van der Waals surface area contributed by atoms with Crippen LogP contribution in [0.3, 0.4) is 0 Å². The van der Waals surface area contributed by atoms with Gasteiger partial charge in [0.25, 0.3) is 0 Å². The van der Waals surface area contributed by atoms with Crippen molar-refractivity contribution >= 4 is 0 Å². The maximum atomic E-state index is 9.08. The second kappa shape index (κ2) is 4.21. The van der Waals surface area contributed by atoms with Crippen LogP contribution in [-0.4, -0.2) is 36.2 Å². The Morgan fingerprint density at radius 3 is 2.00 bits per heavy atom. The van der Waals surface area contributed by atoms with Crippen LogP contribution in [0.5, 0.6) is 0 Å². The maximum absolute atomic E-state index is 9.08. The fourth-order valence-corrected chi connectivity index (χ4v) is 5.97. The fourth-order valence-electron chi connectivity index (χ4n) is 5.97. The van der Waals surface area contributed by atoms with Crippen LogP contribution in [0.15, 0.2) is 0 Å². The Balaban J connectivity index is 1.34. The summed E-state index contributed by atoms with van der Waals surface area (Å²) in [6, 6.07) is 0. The standard InChI is InChI=1S/C16H27NO/c18-11-15-9-17(10-15)2-1-16-6-12-3-13(7-16)5-14(4-12)8-16/h12-15,18H,1-11H2. The molecule has 4 aliphatic carbocycles. The molecule has 0 atom stereocenters. The number of likely N-dealkylation sites (tertiary alicyclic amines) is 1. The topological polar surface area (TPSA) is 23.5 Å². The predicted octanol–water partition coefficient (Wildman–Crippen LogP) is 2.52. The summed E-state index contributed by atoms with van der Waals surface area (Å²) < 4.78 is 0. The smallest absolute Gasteiger partial charge is 0.0483 e. The molecule has 0 aromatic heterocycles. The van der Waals surface area contributed by atoms with Gasteiger partial charge in [0.1, 0.15) is 0 Å². The minimum absolute atomic E-state index is 0.397. The normalized spacial score (nSPS) is 47.5. The molecule has 0 unspecified atom stereocenters. The first kappa shape index (κ1) is 11.7. The Morgan fingerprint density at radius 2 is 1.50 bits per heavy atom. The lowest BCUT2D eigenvalue weighted by atomic mass is 9.49. The van der Waals surface area contributed by atoms with Crippen LogP contribution in [0.4, 0.5) is 0 Å². The van der Waals surface area contributed by atoms with Crippen LogP contribution < -0.4 is 0 Å². The number of nitrogens with zero attached hydrogens (tertiary/aromatic N) is 1. The van der Waals surface area contributed by atoms with Gasteiger partial charge in [0.05, 0.1) is 0 Å². The van der Waals surface area contributed by atoms with Gasteiger partial charge in [0, 0.05) is 25.6 Å². The van der Waals surface area contributed by atoms with Crippen molar-refractivity contribution in [3.05, 3.63) is 0 Å². The third-order valence-corrected chi connectivity index (χ3v) is 6.41. The largest absolute Gasteiger partial charge is 0.396 e. The zero-order valence-electron chi connectivity index (χ0n) is 11.5. The minimum Gasteiger partial charge on any atom is -0.396 e. The van der Waals surface area contributed by atoms with Crippen molar-refractivity contribution in [1.29, 1.82) is 0 Å². The lowest BCUT2D eigenvalue weighted by Crippen LogP contribution is -2.51. The highest BCUT2D eigenvalue weighted by molar-refractivity contribution is 5.01. The molecule has 4 bridgehead atoms. The summed E-state index contributed by atoms with van der Waals surface area (Å²) in [6.45, 7) is 4.02. The van der Waals surface area contributed by atoms with Gasteiger partial charge in [-0.15, -0.1) is 0 Å². The molecule has 0 amide bonds. The highest BCUT2D eigenvalue weighted by atomic mass is 16.3. The lowest BCUT2D eigenvalue weighted by Gasteiger charge is -2.57. The van der Waals surface area contributed by atoms with Gasteiger partial charge in [-0.2, -0.15) is 0 Å². The SMILES string of the molecule is OCC1CN(CCC23CC4CC(CC(C4)C2)C3)C1. The summed E-state index contributed by atoms with van der Waals surface area (Å²) >= 11 is 0. The van der Waals surface area contributed by atoms with E-state index in [0.29, 0.717) is 12.5 Å². The van der Waals surface area contributed by atoms with E-state index in [9.17, 15) is 0 Å². The van der Waals surface area contributed by atoms with Crippen LogP contribution in [-0.2, 0) is 0 Å². The molecule has 5 aliphatic rings. The van der Waals surface area contributed by atoms with E-state index in [0.717, 1.165) is 36.3 Å². The van der Waals surface area contributed by atoms with Gasteiger partial charge < -0.3 is 10.0 Å². The van der Waals surface area contributed by atoms with Crippen molar-refractivity contribution in [2.75, 3.05) is 26.2 Å². The highest BCUT2D eigenvalue weighted by Crippen LogP contribution is 2.61. The van der Waals surface area contributed by atoms with Crippen molar-refractivity contribution in [1.82, 2.24) is 4.90 Å². The van der Waals surface area contributed by atoms with E-state index in [2.05, 4.69) is 4.90 Å². The van der Waals surface area contributed by atoms with E-state index in [1.165, 1.54) is 13.0 Å². The molecule has 102 valence electrons. The zero-order valence-corrected chi connectivity index (χ0v) is 11.5. The van der Waals surface area contributed by atoms with Crippen molar-refractivity contribution < 1.29 is 5.11 Å². The summed E-state index contributed by atoms with van der Waals surface area (Å²) in [4.78, 5) is 2.57. The Hall–Kier alpha value is -0.0800. The summed E-state index contributed by atoms with van der Waals surface area (Å²) in [6.07, 6.45) is 10.8. The van der Waals surface area contributed by atoms with Crippen LogP contribution >= 0.6 is 0 Å². The minimum atomic E-state index is 0.397. The number of hydrogen-bond donors (Lipinski definition) is 1. The van der Waals surface area contributed by atoms with Gasteiger partial charge in [0.2, 0.25) is 0 Å². The first-order valence-corrected chi connectivity index (χ1v) is 8.08. The zero-order chi connectivity index (χ0) is 12.2. The average Bonchev–Trinajstić information content (AvgIpc) is 2.25. The molecular formula is C16H27NO. The number of aliphatic hydroxyl groups is 1. The molecule has 1 saturated heterocycles. The Bertz CT molecular complexity index is 286. The van der Waals surface area contributed by atoms with E-state index in [1.807, 2.05) is 0 Å². The van der Waals surface area contributed by atoms with Crippen LogP contribution in [0, 0.1) is 29.1 Å². The molecule has 1 aliphatic heterocycles. The van der Waals surface area contributed by atoms with Gasteiger partial charge in [-0.1, -0.05) is 0 Å². The number of hydrogen-bond acceptors (Lipinski definition) is 2. The Labute approximate surface area is 111 Å². The molecule has 2 heteroatoms. The van der Waals surface area contributed by atoms with Gasteiger partial charge >= 0.3 is 0 Å². The molecule has 0 aromatic rings. The van der Waals surface area contributed by atoms with Crippen molar-refractivity contribution in [2.45, 2.75) is 44.9 Å². The molecule has 18 heavy (non-hydrogen) atoms. The van der Waals surface area contributed by atoms with E-state index in [4.69, 9.17) is 5.11 Å². The maximum Gasteiger partial charge on any atom is 0.0483 e. The third kappa shape index (κ3) is 1.92. The van der Waals surface area contributed by atoms with Gasteiger partial charge in [-0.05, 0) is 74.7 Å². The summed E-state index contributed by atoms with van der Waals surface area (Å²) in [5, 5.41) is 9.08. The first-order chi connectivity index (χ1) is 8.75. The van der Waals surface area contributed by atoms with Gasteiger partial charge in [0.15, 0.2) is 0 Å². The molecule has 0 spiro atoms. The second-order valence-electron chi connectivity index (χ2n) is 7.98. The predicted molar refractivity (Wildman–Crippen MR) is 72.2 cm³/mol. The number of rotatable bonds is 4. The molecule has 5 rings (SSSR count). The first-order valence-electron chi connectivity index (χ1n) is 8.08. The van der Waals surface area contributed by atoms with E-state index >= 15 is 0 Å². The fraction of sp³-hybridized carbons (Fsp3) is 1.00. The lowest BCUT2D eigenvalue weighted by molar-refractivity contribution is -0.0667. The summed E-state index contributed by atoms with van der Waals surface area (Å²) in [5.41, 5.74) is 0.749. The van der Waals surface area contributed by atoms with Crippen LogP contribution in [0.25, 0.3) is 0 Å². The van der Waals surface area contributed by atoms with Crippen LogP contribution in [0.1, 0.15) is 44.9 Å².